The number of phenolic OH excluding ortho intramolecular Hbond substituents is 4. The topological polar surface area (TPSA) is 245 Å². The van der Waals surface area contributed by atoms with Crippen LogP contribution in [-0.2, 0) is 34.9 Å². The molecule has 2 heterocycles. The fraction of sp³-hybridized carbons (Fsp3) is 0.483. The second-order valence-electron chi connectivity index (χ2n) is 10.4. The second-order valence-corrected chi connectivity index (χ2v) is 10.4. The zero-order valence-corrected chi connectivity index (χ0v) is 23.5. The molecule has 0 saturated carbocycles. The summed E-state index contributed by atoms with van der Waals surface area (Å²) in [6, 6.07) is 7.98. The van der Waals surface area contributed by atoms with E-state index in [1.807, 2.05) is 0 Å². The molecule has 2 aromatic rings. The van der Waals surface area contributed by atoms with Crippen LogP contribution in [0.2, 0.25) is 0 Å². The molecule has 2 aromatic carbocycles. The molecule has 0 aliphatic carbocycles. The Bertz CT molecular complexity index is 1300. The van der Waals surface area contributed by atoms with Gasteiger partial charge in [0, 0.05) is 6.08 Å². The molecule has 0 bridgehead atoms. The average Bonchev–Trinajstić information content (AvgIpc) is 2.99. The Morgan fingerprint density at radius 3 is 2.16 bits per heavy atom. The number of ether oxygens (including phenoxy) is 5. The third kappa shape index (κ3) is 7.76. The zero-order chi connectivity index (χ0) is 32.1. The Labute approximate surface area is 251 Å². The van der Waals surface area contributed by atoms with Crippen LogP contribution < -0.4 is 0 Å². The van der Waals surface area contributed by atoms with Gasteiger partial charge in [-0.1, -0.05) is 12.1 Å². The van der Waals surface area contributed by atoms with Gasteiger partial charge in [-0.2, -0.15) is 0 Å². The van der Waals surface area contributed by atoms with E-state index in [1.165, 1.54) is 43.3 Å². The van der Waals surface area contributed by atoms with Crippen molar-refractivity contribution in [3.63, 3.8) is 0 Å². The highest BCUT2D eigenvalue weighted by molar-refractivity contribution is 5.87. The SMILES string of the molecule is C[C@@H]1O[C@H](O[C@@H]2[C@H](O)[C@H](OCCc3ccc(O)c(O)c3)O[C@H](CO)[C@@H]2OC(=O)/C=C\c2ccc(O)c(O)c2)[C@@H](O)[C@@H](O)[C@H]1O. The first-order valence-electron chi connectivity index (χ1n) is 13.7. The van der Waals surface area contributed by atoms with Crippen molar-refractivity contribution in [2.75, 3.05) is 13.2 Å². The van der Waals surface area contributed by atoms with Gasteiger partial charge in [0.1, 0.15) is 36.6 Å². The molecule has 15 nitrogen and oxygen atoms in total. The lowest BCUT2D eigenvalue weighted by molar-refractivity contribution is -0.357. The standard InChI is InChI=1S/C29H36O15/c1-13-22(36)23(37)24(38)29(41-13)44-27-25(39)28(40-9-8-15-3-6-17(32)19(34)11-15)42-20(12-30)26(27)43-21(35)7-4-14-2-5-16(31)18(33)10-14/h2-7,10-11,13,20,22-34,36-39H,8-9,12H2,1H3/b7-4-/t13-,20+,22-,23-,24-,25-,26-,27+,28+,29+/m0/s1. The van der Waals surface area contributed by atoms with Crippen LogP contribution in [0.5, 0.6) is 23.0 Å². The molecule has 0 aromatic heterocycles. The average molecular weight is 625 g/mol. The Hall–Kier alpha value is -3.51. The van der Waals surface area contributed by atoms with Gasteiger partial charge in [0.2, 0.25) is 0 Å². The summed E-state index contributed by atoms with van der Waals surface area (Å²) in [5.41, 5.74) is 0.914. The molecule has 10 atom stereocenters. The number of aromatic hydroxyl groups is 4. The molecule has 4 rings (SSSR count). The minimum Gasteiger partial charge on any atom is -0.504 e. The van der Waals surface area contributed by atoms with Crippen LogP contribution in [0.3, 0.4) is 0 Å². The van der Waals surface area contributed by atoms with Gasteiger partial charge >= 0.3 is 5.97 Å². The molecular formula is C29H36O15. The summed E-state index contributed by atoms with van der Waals surface area (Å²) in [4.78, 5) is 12.8. The summed E-state index contributed by atoms with van der Waals surface area (Å²) in [6.07, 6.45) is -12.6. The lowest BCUT2D eigenvalue weighted by Crippen LogP contribution is -2.65. The van der Waals surface area contributed by atoms with Crippen LogP contribution in [0.25, 0.3) is 6.08 Å². The summed E-state index contributed by atoms with van der Waals surface area (Å²) in [5.74, 6) is -2.40. The Morgan fingerprint density at radius 2 is 1.50 bits per heavy atom. The van der Waals surface area contributed by atoms with Gasteiger partial charge in [0.25, 0.3) is 0 Å². The lowest BCUT2D eigenvalue weighted by atomic mass is 9.97. The molecule has 2 fully saturated rings. The highest BCUT2D eigenvalue weighted by atomic mass is 16.7. The molecule has 44 heavy (non-hydrogen) atoms. The minimum absolute atomic E-state index is 0.0754. The van der Waals surface area contributed by atoms with Gasteiger partial charge in [-0.3, -0.25) is 0 Å². The van der Waals surface area contributed by atoms with Gasteiger partial charge in [0.05, 0.1) is 19.3 Å². The molecule has 15 heteroatoms. The maximum absolute atomic E-state index is 12.8. The van der Waals surface area contributed by atoms with Crippen LogP contribution in [0.1, 0.15) is 18.1 Å². The van der Waals surface area contributed by atoms with E-state index < -0.39 is 79.7 Å². The van der Waals surface area contributed by atoms with Crippen LogP contribution in [0.15, 0.2) is 42.5 Å². The minimum atomic E-state index is -1.77. The smallest absolute Gasteiger partial charge is 0.331 e. The molecule has 0 spiro atoms. The van der Waals surface area contributed by atoms with Gasteiger partial charge in [0.15, 0.2) is 41.7 Å². The van der Waals surface area contributed by atoms with Crippen molar-refractivity contribution in [2.45, 2.75) is 74.8 Å². The van der Waals surface area contributed by atoms with Gasteiger partial charge < -0.3 is 69.6 Å². The largest absolute Gasteiger partial charge is 0.504 e. The summed E-state index contributed by atoms with van der Waals surface area (Å²) < 4.78 is 28.2. The second kappa shape index (κ2) is 14.5. The Kier molecular flexibility index (Phi) is 11.0. The van der Waals surface area contributed by atoms with Gasteiger partial charge in [-0.25, -0.2) is 4.79 Å². The number of esters is 1. The monoisotopic (exact) mass is 624 g/mol. The molecule has 2 aliphatic heterocycles. The molecule has 0 radical (unpaired) electrons. The summed E-state index contributed by atoms with van der Waals surface area (Å²) in [5, 5.41) is 90.5. The summed E-state index contributed by atoms with van der Waals surface area (Å²) in [6.45, 7) is 0.606. The number of hydrogen-bond donors (Lipinski definition) is 9. The van der Waals surface area contributed by atoms with Crippen molar-refractivity contribution in [1.82, 2.24) is 0 Å². The third-order valence-electron chi connectivity index (χ3n) is 7.27. The molecule has 0 unspecified atom stereocenters. The number of hydrogen-bond acceptors (Lipinski definition) is 15. The van der Waals surface area contributed by atoms with Crippen molar-refractivity contribution >= 4 is 12.0 Å². The number of rotatable bonds is 10. The number of aliphatic hydroxyl groups is 5. The zero-order valence-electron chi connectivity index (χ0n) is 23.5. The fourth-order valence-electron chi connectivity index (χ4n) is 4.76. The van der Waals surface area contributed by atoms with Crippen LogP contribution in [0.4, 0.5) is 0 Å². The van der Waals surface area contributed by atoms with E-state index in [1.54, 1.807) is 6.07 Å². The van der Waals surface area contributed by atoms with E-state index in [0.717, 1.165) is 6.08 Å². The van der Waals surface area contributed by atoms with Crippen molar-refractivity contribution in [3.8, 4) is 23.0 Å². The first-order valence-corrected chi connectivity index (χ1v) is 13.7. The molecular weight excluding hydrogens is 588 g/mol. The van der Waals surface area contributed by atoms with Gasteiger partial charge in [-0.15, -0.1) is 0 Å². The first kappa shape index (κ1) is 33.4. The molecule has 0 amide bonds. The van der Waals surface area contributed by atoms with E-state index in [9.17, 15) is 50.8 Å². The molecule has 2 saturated heterocycles. The third-order valence-corrected chi connectivity index (χ3v) is 7.27. The quantitative estimate of drug-likeness (QED) is 0.0873. The Balaban J connectivity index is 1.52. The summed E-state index contributed by atoms with van der Waals surface area (Å²) in [7, 11) is 0. The predicted octanol–water partition coefficient (Wildman–Crippen LogP) is -1.02. The summed E-state index contributed by atoms with van der Waals surface area (Å²) >= 11 is 0. The van der Waals surface area contributed by atoms with Crippen molar-refractivity contribution in [2.24, 2.45) is 0 Å². The van der Waals surface area contributed by atoms with Crippen molar-refractivity contribution in [3.05, 3.63) is 53.6 Å². The van der Waals surface area contributed by atoms with Gasteiger partial charge in [-0.05, 0) is 54.8 Å². The maximum atomic E-state index is 12.8. The lowest BCUT2D eigenvalue weighted by Gasteiger charge is -2.46. The van der Waals surface area contributed by atoms with Crippen molar-refractivity contribution < 1.29 is 74.4 Å². The number of carbonyl (C=O) groups is 1. The molecule has 242 valence electrons. The van der Waals surface area contributed by atoms with E-state index >= 15 is 0 Å². The van der Waals surface area contributed by atoms with Crippen molar-refractivity contribution in [1.29, 1.82) is 0 Å². The van der Waals surface area contributed by atoms with Crippen LogP contribution >= 0.6 is 0 Å². The Morgan fingerprint density at radius 1 is 0.818 bits per heavy atom. The van der Waals surface area contributed by atoms with E-state index in [0.29, 0.717) is 11.1 Å². The number of aliphatic hydroxyl groups excluding tert-OH is 5. The van der Waals surface area contributed by atoms with E-state index in [4.69, 9.17) is 23.7 Å². The molecule has 2 aliphatic rings. The normalized spacial score (nSPS) is 32.5. The number of phenols is 4. The highest BCUT2D eigenvalue weighted by Gasteiger charge is 2.52. The van der Waals surface area contributed by atoms with E-state index in [-0.39, 0.29) is 30.3 Å². The van der Waals surface area contributed by atoms with Crippen LogP contribution in [0, 0.1) is 0 Å². The number of carbonyl (C=O) groups excluding carboxylic acids is 1. The first-order chi connectivity index (χ1) is 20.9. The maximum Gasteiger partial charge on any atom is 0.331 e. The van der Waals surface area contributed by atoms with Crippen LogP contribution in [-0.4, -0.2) is 127 Å². The predicted molar refractivity (Wildman–Crippen MR) is 147 cm³/mol. The fourth-order valence-corrected chi connectivity index (χ4v) is 4.76. The molecule has 9 N–H and O–H groups in total. The number of benzene rings is 2. The van der Waals surface area contributed by atoms with E-state index in [2.05, 4.69) is 0 Å². The highest BCUT2D eigenvalue weighted by Crippen LogP contribution is 2.32.